The first kappa shape index (κ1) is 14.4. The van der Waals surface area contributed by atoms with E-state index in [0.717, 1.165) is 32.7 Å². The van der Waals surface area contributed by atoms with E-state index < -0.39 is 0 Å². The van der Waals surface area contributed by atoms with Crippen LogP contribution in [0.5, 0.6) is 0 Å². The van der Waals surface area contributed by atoms with Gasteiger partial charge in [0.15, 0.2) is 0 Å². The molecule has 1 saturated heterocycles. The smallest absolute Gasteiger partial charge is 0.225 e. The summed E-state index contributed by atoms with van der Waals surface area (Å²) in [5, 5.41) is 0. The van der Waals surface area contributed by atoms with E-state index in [9.17, 15) is 4.79 Å². The number of rotatable bonds is 6. The van der Waals surface area contributed by atoms with Gasteiger partial charge in [0.05, 0.1) is 12.5 Å². The Morgan fingerprint density at radius 3 is 2.47 bits per heavy atom. The molecule has 0 saturated carbocycles. The van der Waals surface area contributed by atoms with Gasteiger partial charge in [-0.05, 0) is 13.0 Å². The topological polar surface area (TPSA) is 58.8 Å². The molecule has 5 nitrogen and oxygen atoms in total. The van der Waals surface area contributed by atoms with E-state index in [4.69, 9.17) is 10.5 Å². The fourth-order valence-corrected chi connectivity index (χ4v) is 2.12. The van der Waals surface area contributed by atoms with Crippen molar-refractivity contribution >= 4 is 5.91 Å². The number of methoxy groups -OCH3 is 1. The average molecular weight is 243 g/mol. The minimum Gasteiger partial charge on any atom is -0.380 e. The van der Waals surface area contributed by atoms with Gasteiger partial charge < -0.3 is 15.4 Å². The van der Waals surface area contributed by atoms with Crippen LogP contribution in [0.25, 0.3) is 0 Å². The van der Waals surface area contributed by atoms with Crippen LogP contribution in [0, 0.1) is 0 Å². The first-order valence-corrected chi connectivity index (χ1v) is 6.44. The molecule has 1 atom stereocenters. The minimum atomic E-state index is -0.142. The number of piperazine rings is 1. The second-order valence-corrected chi connectivity index (χ2v) is 4.52. The highest BCUT2D eigenvalue weighted by atomic mass is 16.5. The number of amides is 1. The maximum absolute atomic E-state index is 12.0. The molecule has 0 spiro atoms. The van der Waals surface area contributed by atoms with Gasteiger partial charge in [0.1, 0.15) is 0 Å². The first-order chi connectivity index (χ1) is 8.21. The molecule has 1 rings (SSSR count). The lowest BCUT2D eigenvalue weighted by molar-refractivity contribution is -0.135. The molecule has 1 fully saturated rings. The molecule has 1 aliphatic rings. The molecule has 0 radical (unpaired) electrons. The Morgan fingerprint density at radius 2 is 2.00 bits per heavy atom. The van der Waals surface area contributed by atoms with Crippen molar-refractivity contribution in [1.82, 2.24) is 9.80 Å². The van der Waals surface area contributed by atoms with E-state index in [1.807, 2.05) is 4.90 Å². The summed E-state index contributed by atoms with van der Waals surface area (Å²) in [7, 11) is 1.60. The fraction of sp³-hybridized carbons (Fsp3) is 0.917. The lowest BCUT2D eigenvalue weighted by Crippen LogP contribution is -2.49. The number of carbonyl (C=O) groups excluding carboxylic acids is 1. The normalized spacial score (nSPS) is 19.4. The molecule has 17 heavy (non-hydrogen) atoms. The first-order valence-electron chi connectivity index (χ1n) is 6.44. The molecule has 0 bridgehead atoms. The summed E-state index contributed by atoms with van der Waals surface area (Å²) < 4.78 is 5.14. The fourth-order valence-electron chi connectivity index (χ4n) is 2.12. The van der Waals surface area contributed by atoms with E-state index in [1.54, 1.807) is 7.11 Å². The monoisotopic (exact) mass is 243 g/mol. The number of carbonyl (C=O) groups is 1. The SMILES string of the molecule is CCCN1CCN(C(=O)CC(CN)OC)CC1. The third kappa shape index (κ3) is 4.61. The maximum atomic E-state index is 12.0. The summed E-state index contributed by atoms with van der Waals surface area (Å²) in [5.41, 5.74) is 5.52. The van der Waals surface area contributed by atoms with Gasteiger partial charge in [-0.15, -0.1) is 0 Å². The molecule has 1 heterocycles. The van der Waals surface area contributed by atoms with Crippen LogP contribution < -0.4 is 5.73 Å². The zero-order chi connectivity index (χ0) is 12.7. The van der Waals surface area contributed by atoms with Crippen molar-refractivity contribution in [2.24, 2.45) is 5.73 Å². The molecule has 0 aromatic carbocycles. The summed E-state index contributed by atoms with van der Waals surface area (Å²) in [6, 6.07) is 0. The highest BCUT2D eigenvalue weighted by Gasteiger charge is 2.22. The molecule has 0 aromatic rings. The van der Waals surface area contributed by atoms with Crippen molar-refractivity contribution in [3.63, 3.8) is 0 Å². The van der Waals surface area contributed by atoms with E-state index >= 15 is 0 Å². The van der Waals surface area contributed by atoms with E-state index in [0.29, 0.717) is 13.0 Å². The molecule has 1 amide bonds. The molecular weight excluding hydrogens is 218 g/mol. The second-order valence-electron chi connectivity index (χ2n) is 4.52. The molecule has 2 N–H and O–H groups in total. The number of ether oxygens (including phenoxy) is 1. The standard InChI is InChI=1S/C12H25N3O2/c1-3-4-14-5-7-15(8-6-14)12(16)9-11(10-13)17-2/h11H,3-10,13H2,1-2H3. The molecular formula is C12H25N3O2. The van der Waals surface area contributed by atoms with Gasteiger partial charge in [-0.3, -0.25) is 9.69 Å². The Hall–Kier alpha value is -0.650. The predicted molar refractivity (Wildman–Crippen MR) is 67.8 cm³/mol. The Balaban J connectivity index is 2.30. The zero-order valence-electron chi connectivity index (χ0n) is 11.0. The van der Waals surface area contributed by atoms with Gasteiger partial charge in [-0.25, -0.2) is 0 Å². The minimum absolute atomic E-state index is 0.142. The van der Waals surface area contributed by atoms with Crippen molar-refractivity contribution in [3.8, 4) is 0 Å². The van der Waals surface area contributed by atoms with Crippen molar-refractivity contribution in [2.75, 3.05) is 46.4 Å². The molecule has 0 aliphatic carbocycles. The Kier molecular flexibility index (Phi) is 6.47. The summed E-state index contributed by atoms with van der Waals surface area (Å²) in [4.78, 5) is 16.3. The number of nitrogens with zero attached hydrogens (tertiary/aromatic N) is 2. The van der Waals surface area contributed by atoms with Gasteiger partial charge in [0.2, 0.25) is 5.91 Å². The third-order valence-corrected chi connectivity index (χ3v) is 3.26. The Bertz CT molecular complexity index is 224. The lowest BCUT2D eigenvalue weighted by atomic mass is 10.2. The quantitative estimate of drug-likeness (QED) is 0.708. The van der Waals surface area contributed by atoms with E-state index in [2.05, 4.69) is 11.8 Å². The van der Waals surface area contributed by atoms with Crippen LogP contribution in [0.3, 0.4) is 0 Å². The second kappa shape index (κ2) is 7.63. The Morgan fingerprint density at radius 1 is 1.35 bits per heavy atom. The summed E-state index contributed by atoms with van der Waals surface area (Å²) in [5.74, 6) is 0.165. The van der Waals surface area contributed by atoms with Crippen LogP contribution in [-0.4, -0.2) is 68.2 Å². The van der Waals surface area contributed by atoms with Crippen LogP contribution in [0.4, 0.5) is 0 Å². The van der Waals surface area contributed by atoms with Crippen molar-refractivity contribution in [1.29, 1.82) is 0 Å². The largest absolute Gasteiger partial charge is 0.380 e. The van der Waals surface area contributed by atoms with Crippen molar-refractivity contribution in [3.05, 3.63) is 0 Å². The zero-order valence-corrected chi connectivity index (χ0v) is 11.0. The number of hydrogen-bond donors (Lipinski definition) is 1. The predicted octanol–water partition coefficient (Wildman–Crippen LogP) is -0.0956. The Labute approximate surface area is 104 Å². The molecule has 1 unspecified atom stereocenters. The van der Waals surface area contributed by atoms with Crippen LogP contribution in [0.1, 0.15) is 19.8 Å². The van der Waals surface area contributed by atoms with Crippen LogP contribution in [-0.2, 0) is 9.53 Å². The highest BCUT2D eigenvalue weighted by molar-refractivity contribution is 5.76. The van der Waals surface area contributed by atoms with Crippen LogP contribution in [0.2, 0.25) is 0 Å². The van der Waals surface area contributed by atoms with Gasteiger partial charge in [-0.2, -0.15) is 0 Å². The van der Waals surface area contributed by atoms with Gasteiger partial charge in [0.25, 0.3) is 0 Å². The summed E-state index contributed by atoms with van der Waals surface area (Å²) in [6.07, 6.45) is 1.43. The molecule has 100 valence electrons. The summed E-state index contributed by atoms with van der Waals surface area (Å²) in [6.45, 7) is 7.35. The number of hydrogen-bond acceptors (Lipinski definition) is 4. The number of nitrogens with two attached hydrogens (primary N) is 1. The van der Waals surface area contributed by atoms with E-state index in [1.165, 1.54) is 6.42 Å². The van der Waals surface area contributed by atoms with Gasteiger partial charge in [0, 0.05) is 39.8 Å². The lowest BCUT2D eigenvalue weighted by Gasteiger charge is -2.35. The molecule has 0 aromatic heterocycles. The summed E-state index contributed by atoms with van der Waals surface area (Å²) >= 11 is 0. The maximum Gasteiger partial charge on any atom is 0.225 e. The average Bonchev–Trinajstić information content (AvgIpc) is 2.37. The third-order valence-electron chi connectivity index (χ3n) is 3.26. The van der Waals surface area contributed by atoms with Gasteiger partial charge >= 0.3 is 0 Å². The van der Waals surface area contributed by atoms with Crippen molar-refractivity contribution in [2.45, 2.75) is 25.9 Å². The molecule has 5 heteroatoms. The van der Waals surface area contributed by atoms with Crippen LogP contribution in [0.15, 0.2) is 0 Å². The van der Waals surface area contributed by atoms with Crippen LogP contribution >= 0.6 is 0 Å². The van der Waals surface area contributed by atoms with Gasteiger partial charge in [-0.1, -0.05) is 6.92 Å². The van der Waals surface area contributed by atoms with E-state index in [-0.39, 0.29) is 12.0 Å². The van der Waals surface area contributed by atoms with Crippen molar-refractivity contribution < 1.29 is 9.53 Å². The molecule has 1 aliphatic heterocycles. The highest BCUT2D eigenvalue weighted by Crippen LogP contribution is 2.06.